The van der Waals surface area contributed by atoms with E-state index >= 15 is 0 Å². The van der Waals surface area contributed by atoms with Crippen LogP contribution in [0.25, 0.3) is 22.5 Å². The van der Waals surface area contributed by atoms with E-state index in [1.807, 2.05) is 24.5 Å². The molecule has 4 nitrogen and oxygen atoms in total. The van der Waals surface area contributed by atoms with Crippen LogP contribution in [0, 0.1) is 0 Å². The van der Waals surface area contributed by atoms with Crippen molar-refractivity contribution in [1.29, 1.82) is 0 Å². The van der Waals surface area contributed by atoms with Crippen molar-refractivity contribution in [3.05, 3.63) is 181 Å². The first kappa shape index (κ1) is 37.5. The molecule has 0 aliphatic carbocycles. The number of aromatic nitrogens is 2. The summed E-state index contributed by atoms with van der Waals surface area (Å²) >= 11 is 0. The number of anilines is 6. The molecule has 5 heterocycles. The Kier molecular flexibility index (Phi) is 8.30. The van der Waals surface area contributed by atoms with Gasteiger partial charge >= 0.3 is 0 Å². The lowest BCUT2D eigenvalue weighted by atomic mass is 9.33. The molecule has 3 aliphatic rings. The minimum atomic E-state index is -2.59. The van der Waals surface area contributed by atoms with E-state index in [0.29, 0.717) is 0 Å². The molecule has 0 spiro atoms. The highest BCUT2D eigenvalue weighted by Crippen LogP contribution is 2.49. The molecule has 0 unspecified atom stereocenters. The molecule has 6 heteroatoms. The highest BCUT2D eigenvalue weighted by atomic mass is 28.3. The van der Waals surface area contributed by atoms with Gasteiger partial charge in [0.25, 0.3) is 6.71 Å². The van der Waals surface area contributed by atoms with Crippen LogP contribution < -0.4 is 41.7 Å². The van der Waals surface area contributed by atoms with E-state index in [1.54, 1.807) is 0 Å². The number of benzene rings is 6. The zero-order valence-electron chi connectivity index (χ0n) is 36.0. The highest BCUT2D eigenvalue weighted by Gasteiger charge is 2.53. The molecule has 2 aromatic heterocycles. The van der Waals surface area contributed by atoms with Crippen molar-refractivity contribution < 1.29 is 0 Å². The summed E-state index contributed by atoms with van der Waals surface area (Å²) in [7, 11) is -2.59. The Labute approximate surface area is 361 Å². The van der Waals surface area contributed by atoms with Crippen LogP contribution in [0.2, 0.25) is 6.55 Å². The van der Waals surface area contributed by atoms with Crippen LogP contribution >= 0.6 is 0 Å². The number of hydrogen-bond donors (Lipinski definition) is 0. The largest absolute Gasteiger partial charge is 0.311 e. The van der Waals surface area contributed by atoms with Gasteiger partial charge in [-0.05, 0) is 116 Å². The Morgan fingerprint density at radius 1 is 0.426 bits per heavy atom. The third kappa shape index (κ3) is 5.58. The van der Waals surface area contributed by atoms with Gasteiger partial charge in [0.15, 0.2) is 0 Å². The molecular weight excluding hydrogens is 756 g/mol. The number of nitrogens with zero attached hydrogens (tertiary/aromatic N) is 4. The third-order valence-corrected chi connectivity index (χ3v) is 18.1. The minimum absolute atomic E-state index is 0.0373. The van der Waals surface area contributed by atoms with Crippen LogP contribution in [0.5, 0.6) is 0 Å². The van der Waals surface area contributed by atoms with Gasteiger partial charge in [-0.1, -0.05) is 143 Å². The van der Waals surface area contributed by atoms with Gasteiger partial charge in [-0.3, -0.25) is 9.97 Å². The van der Waals surface area contributed by atoms with Crippen molar-refractivity contribution in [2.24, 2.45) is 0 Å². The van der Waals surface area contributed by atoms with Crippen molar-refractivity contribution in [2.75, 3.05) is 9.80 Å². The SMILES string of the molecule is CC(C)(C)c1ccc(N2c3cccc4c3B3c5c2cccc5[Si](C)(c2ccccc2)c2cccc(c23)N4c2ccc(C(C)(C)C)cc2-c2ccccn2)c(-c2ccccn2)c1. The van der Waals surface area contributed by atoms with Gasteiger partial charge in [0.2, 0.25) is 0 Å². The monoisotopic (exact) mass is 804 g/mol. The predicted octanol–water partition coefficient (Wildman–Crippen LogP) is 9.90. The van der Waals surface area contributed by atoms with Gasteiger partial charge in [0.05, 0.1) is 22.8 Å². The van der Waals surface area contributed by atoms with Gasteiger partial charge in [-0.2, -0.15) is 0 Å². The average Bonchev–Trinajstić information content (AvgIpc) is 3.28. The van der Waals surface area contributed by atoms with Gasteiger partial charge in [0, 0.05) is 46.3 Å². The number of rotatable bonds is 5. The van der Waals surface area contributed by atoms with Crippen molar-refractivity contribution in [1.82, 2.24) is 9.97 Å². The van der Waals surface area contributed by atoms with Crippen molar-refractivity contribution in [2.45, 2.75) is 58.9 Å². The molecule has 8 aromatic rings. The number of hydrogen-bond acceptors (Lipinski definition) is 4. The molecule has 0 amide bonds. The van der Waals surface area contributed by atoms with Crippen LogP contribution in [0.15, 0.2) is 170 Å². The molecule has 11 rings (SSSR count). The second-order valence-corrected chi connectivity index (χ2v) is 23.1. The van der Waals surface area contributed by atoms with Gasteiger partial charge in [-0.25, -0.2) is 0 Å². The molecule has 0 saturated carbocycles. The van der Waals surface area contributed by atoms with Crippen LogP contribution in [0.3, 0.4) is 0 Å². The smallest absolute Gasteiger partial charge is 0.251 e. The van der Waals surface area contributed by atoms with Crippen LogP contribution in [0.1, 0.15) is 52.7 Å². The lowest BCUT2D eigenvalue weighted by molar-refractivity contribution is 0.590. The highest BCUT2D eigenvalue weighted by molar-refractivity contribution is 7.21. The summed E-state index contributed by atoms with van der Waals surface area (Å²) in [5, 5.41) is 4.39. The first-order valence-electron chi connectivity index (χ1n) is 21.6. The molecule has 296 valence electrons. The Morgan fingerprint density at radius 2 is 0.852 bits per heavy atom. The van der Waals surface area contributed by atoms with E-state index in [-0.39, 0.29) is 17.5 Å². The fourth-order valence-corrected chi connectivity index (χ4v) is 14.7. The second-order valence-electron chi connectivity index (χ2n) is 19.2. The molecule has 0 atom stereocenters. The molecule has 0 fully saturated rings. The first-order chi connectivity index (χ1) is 29.4. The second kappa shape index (κ2) is 13.5. The summed E-state index contributed by atoms with van der Waals surface area (Å²) in [5.74, 6) is 0. The maximum Gasteiger partial charge on any atom is 0.251 e. The molecule has 0 saturated heterocycles. The van der Waals surface area contributed by atoms with E-state index in [2.05, 4.69) is 203 Å². The van der Waals surface area contributed by atoms with Crippen LogP contribution in [-0.2, 0) is 10.8 Å². The van der Waals surface area contributed by atoms with Gasteiger partial charge < -0.3 is 9.80 Å². The quantitative estimate of drug-likeness (QED) is 0.162. The van der Waals surface area contributed by atoms with Crippen molar-refractivity contribution in [3.63, 3.8) is 0 Å². The van der Waals surface area contributed by atoms with E-state index in [9.17, 15) is 0 Å². The topological polar surface area (TPSA) is 32.3 Å². The molecule has 3 aliphatic heterocycles. The maximum absolute atomic E-state index is 5.00. The van der Waals surface area contributed by atoms with Crippen LogP contribution in [-0.4, -0.2) is 24.8 Å². The van der Waals surface area contributed by atoms with E-state index in [1.165, 1.54) is 65.8 Å². The summed E-state index contributed by atoms with van der Waals surface area (Å²) in [6, 6.07) is 59.3. The lowest BCUT2D eigenvalue weighted by Crippen LogP contribution is -2.83. The van der Waals surface area contributed by atoms with E-state index in [0.717, 1.165) is 33.9 Å². The molecule has 0 bridgehead atoms. The third-order valence-electron chi connectivity index (χ3n) is 13.6. The Balaban J connectivity index is 1.27. The van der Waals surface area contributed by atoms with E-state index < -0.39 is 8.07 Å². The zero-order chi connectivity index (χ0) is 41.8. The van der Waals surface area contributed by atoms with E-state index in [4.69, 9.17) is 9.97 Å². The molecule has 61 heavy (non-hydrogen) atoms. The summed E-state index contributed by atoms with van der Waals surface area (Å²) < 4.78 is 0. The fraction of sp³-hybridized carbons (Fsp3) is 0.164. The molecule has 0 radical (unpaired) electrons. The van der Waals surface area contributed by atoms with Gasteiger partial charge in [-0.15, -0.1) is 0 Å². The minimum Gasteiger partial charge on any atom is -0.311 e. The molecule has 0 N–H and O–H groups in total. The zero-order valence-corrected chi connectivity index (χ0v) is 37.0. The summed E-state index contributed by atoms with van der Waals surface area (Å²) in [6.45, 7) is 16.4. The lowest BCUT2D eigenvalue weighted by Gasteiger charge is -2.50. The Hall–Kier alpha value is -6.50. The Morgan fingerprint density at radius 3 is 1.28 bits per heavy atom. The molecule has 6 aromatic carbocycles. The Bertz CT molecular complexity index is 2850. The first-order valence-corrected chi connectivity index (χ1v) is 24.1. The number of pyridine rings is 2. The summed E-state index contributed by atoms with van der Waals surface area (Å²) in [6.07, 6.45) is 3.84. The summed E-state index contributed by atoms with van der Waals surface area (Å²) in [4.78, 5) is 15.1. The molecular formula is C55H49BN4Si. The predicted molar refractivity (Wildman–Crippen MR) is 261 cm³/mol. The van der Waals surface area contributed by atoms with Crippen LogP contribution in [0.4, 0.5) is 34.1 Å². The fourth-order valence-electron chi connectivity index (χ4n) is 10.5. The summed E-state index contributed by atoms with van der Waals surface area (Å²) in [5.41, 5.74) is 18.1. The van der Waals surface area contributed by atoms with Crippen molar-refractivity contribution >= 4 is 80.9 Å². The maximum atomic E-state index is 5.00. The van der Waals surface area contributed by atoms with Gasteiger partial charge in [0.1, 0.15) is 8.07 Å². The normalized spacial score (nSPS) is 14.5. The van der Waals surface area contributed by atoms with Crippen molar-refractivity contribution in [3.8, 4) is 22.5 Å². The standard InChI is InChI=1S/C55H49BN4Si/c1-54(2,3)36-28-30-43(39(34-36)41-20-11-13-32-57-41)59-45-22-15-23-46-51(45)56-52-47(59)24-16-26-49(52)61(7,38-18-9-8-10-19-38)50-27-17-25-48(53(50)56)60(46)44-31-29-37(55(4,5)6)35-40(44)42-21-12-14-33-58-42/h8-35H,1-7H3. The average molecular weight is 805 g/mol.